The molecule has 0 bridgehead atoms. The Morgan fingerprint density at radius 3 is 2.38 bits per heavy atom. The Labute approximate surface area is 101 Å². The molecule has 2 nitrogen and oxygen atoms in total. The number of rotatable bonds is 3. The van der Waals surface area contributed by atoms with E-state index in [0.29, 0.717) is 11.0 Å². The zero-order chi connectivity index (χ0) is 11.5. The molecule has 94 valence electrons. The summed E-state index contributed by atoms with van der Waals surface area (Å²) in [4.78, 5) is 0. The van der Waals surface area contributed by atoms with Crippen molar-refractivity contribution in [3.63, 3.8) is 0 Å². The molecular formula is C14H28N2. The van der Waals surface area contributed by atoms with Crippen LogP contribution in [0.5, 0.6) is 0 Å². The van der Waals surface area contributed by atoms with Gasteiger partial charge in [-0.25, -0.2) is 0 Å². The molecule has 0 radical (unpaired) electrons. The maximum Gasteiger partial charge on any atom is 0.0153 e. The normalized spacial score (nSPS) is 34.9. The third-order valence-electron chi connectivity index (χ3n) is 4.58. The maximum absolute atomic E-state index is 3.87. The molecule has 2 N–H and O–H groups in total. The van der Waals surface area contributed by atoms with Gasteiger partial charge < -0.3 is 10.6 Å². The Morgan fingerprint density at radius 1 is 1.00 bits per heavy atom. The summed E-state index contributed by atoms with van der Waals surface area (Å²) in [5.41, 5.74) is 0.914. The first-order valence-electron chi connectivity index (χ1n) is 7.08. The van der Waals surface area contributed by atoms with Gasteiger partial charge in [0.2, 0.25) is 0 Å². The van der Waals surface area contributed by atoms with Crippen LogP contribution in [-0.4, -0.2) is 25.2 Å². The number of piperidine rings is 1. The Hall–Kier alpha value is -0.0800. The van der Waals surface area contributed by atoms with Crippen molar-refractivity contribution in [3.05, 3.63) is 0 Å². The van der Waals surface area contributed by atoms with Gasteiger partial charge in [-0.3, -0.25) is 0 Å². The molecule has 2 aliphatic rings. The molecule has 2 heteroatoms. The van der Waals surface area contributed by atoms with Crippen LogP contribution in [0.25, 0.3) is 0 Å². The molecule has 1 heterocycles. The van der Waals surface area contributed by atoms with E-state index in [2.05, 4.69) is 24.5 Å². The van der Waals surface area contributed by atoms with Gasteiger partial charge in [0.1, 0.15) is 0 Å². The Kier molecular flexibility index (Phi) is 3.91. The molecule has 16 heavy (non-hydrogen) atoms. The van der Waals surface area contributed by atoms with Gasteiger partial charge in [0.15, 0.2) is 0 Å². The molecule has 2 rings (SSSR count). The van der Waals surface area contributed by atoms with Gasteiger partial charge in [-0.15, -0.1) is 0 Å². The highest BCUT2D eigenvalue weighted by molar-refractivity contribution is 4.91. The second kappa shape index (κ2) is 5.05. The van der Waals surface area contributed by atoms with Crippen LogP contribution in [-0.2, 0) is 0 Å². The summed E-state index contributed by atoms with van der Waals surface area (Å²) in [5.74, 6) is 0. The SMILES string of the molecule is CC1(CNC2(C)CCCCC2)CCCNC1. The topological polar surface area (TPSA) is 24.1 Å². The summed E-state index contributed by atoms with van der Waals surface area (Å²) in [5, 5.41) is 7.40. The van der Waals surface area contributed by atoms with E-state index in [-0.39, 0.29) is 0 Å². The smallest absolute Gasteiger partial charge is 0.0153 e. The highest BCUT2D eigenvalue weighted by Gasteiger charge is 2.31. The van der Waals surface area contributed by atoms with Crippen LogP contribution in [0.3, 0.4) is 0 Å². The highest BCUT2D eigenvalue weighted by Crippen LogP contribution is 2.30. The van der Waals surface area contributed by atoms with E-state index in [4.69, 9.17) is 0 Å². The Bertz CT molecular complexity index is 189. The minimum absolute atomic E-state index is 0.429. The number of hydrogen-bond donors (Lipinski definition) is 2. The molecule has 0 aromatic rings. The molecular weight excluding hydrogens is 196 g/mol. The molecule has 1 atom stereocenters. The van der Waals surface area contributed by atoms with E-state index in [0.717, 1.165) is 0 Å². The lowest BCUT2D eigenvalue weighted by Crippen LogP contribution is -2.51. The summed E-state index contributed by atoms with van der Waals surface area (Å²) >= 11 is 0. The second-order valence-electron chi connectivity index (χ2n) is 6.57. The molecule has 1 saturated carbocycles. The summed E-state index contributed by atoms with van der Waals surface area (Å²) in [6, 6.07) is 0. The van der Waals surface area contributed by atoms with Gasteiger partial charge in [0, 0.05) is 18.6 Å². The third-order valence-corrected chi connectivity index (χ3v) is 4.58. The van der Waals surface area contributed by atoms with E-state index in [1.54, 1.807) is 0 Å². The van der Waals surface area contributed by atoms with E-state index >= 15 is 0 Å². The first-order valence-corrected chi connectivity index (χ1v) is 7.08. The van der Waals surface area contributed by atoms with Crippen LogP contribution in [0.2, 0.25) is 0 Å². The van der Waals surface area contributed by atoms with Crippen LogP contribution >= 0.6 is 0 Å². The zero-order valence-corrected chi connectivity index (χ0v) is 11.1. The molecule has 0 spiro atoms. The van der Waals surface area contributed by atoms with Crippen molar-refractivity contribution in [3.8, 4) is 0 Å². The molecule has 1 unspecified atom stereocenters. The summed E-state index contributed by atoms with van der Waals surface area (Å²) in [6.45, 7) is 8.45. The summed E-state index contributed by atoms with van der Waals surface area (Å²) in [6.07, 6.45) is 9.73. The van der Waals surface area contributed by atoms with Crippen molar-refractivity contribution in [1.82, 2.24) is 10.6 Å². The van der Waals surface area contributed by atoms with E-state index in [9.17, 15) is 0 Å². The largest absolute Gasteiger partial charge is 0.316 e. The van der Waals surface area contributed by atoms with Crippen LogP contribution < -0.4 is 10.6 Å². The molecule has 0 aromatic carbocycles. The lowest BCUT2D eigenvalue weighted by molar-refractivity contribution is 0.174. The quantitative estimate of drug-likeness (QED) is 0.770. The standard InChI is InChI=1S/C14H28N2/c1-13(7-6-10-15-11-13)12-16-14(2)8-4-3-5-9-14/h15-16H,3-12H2,1-2H3. The van der Waals surface area contributed by atoms with Crippen LogP contribution in [0.1, 0.15) is 58.8 Å². The van der Waals surface area contributed by atoms with Gasteiger partial charge in [-0.1, -0.05) is 26.2 Å². The zero-order valence-electron chi connectivity index (χ0n) is 11.1. The van der Waals surface area contributed by atoms with Crippen molar-refractivity contribution in [2.75, 3.05) is 19.6 Å². The minimum Gasteiger partial charge on any atom is -0.316 e. The summed E-state index contributed by atoms with van der Waals surface area (Å²) < 4.78 is 0. The van der Waals surface area contributed by atoms with Crippen molar-refractivity contribution in [2.24, 2.45) is 5.41 Å². The van der Waals surface area contributed by atoms with E-state index < -0.39 is 0 Å². The van der Waals surface area contributed by atoms with Crippen LogP contribution in [0.4, 0.5) is 0 Å². The molecule has 1 saturated heterocycles. The van der Waals surface area contributed by atoms with Crippen molar-refractivity contribution < 1.29 is 0 Å². The maximum atomic E-state index is 3.87. The molecule has 0 aromatic heterocycles. The molecule has 0 amide bonds. The van der Waals surface area contributed by atoms with Crippen molar-refractivity contribution in [1.29, 1.82) is 0 Å². The third kappa shape index (κ3) is 3.21. The van der Waals surface area contributed by atoms with Crippen LogP contribution in [0.15, 0.2) is 0 Å². The van der Waals surface area contributed by atoms with Gasteiger partial charge in [0.05, 0.1) is 0 Å². The lowest BCUT2D eigenvalue weighted by atomic mass is 9.79. The Morgan fingerprint density at radius 2 is 1.75 bits per heavy atom. The fourth-order valence-corrected chi connectivity index (χ4v) is 3.21. The first kappa shape index (κ1) is 12.4. The van der Waals surface area contributed by atoms with Gasteiger partial charge in [-0.2, -0.15) is 0 Å². The van der Waals surface area contributed by atoms with Crippen molar-refractivity contribution >= 4 is 0 Å². The highest BCUT2D eigenvalue weighted by atomic mass is 15.0. The first-order chi connectivity index (χ1) is 7.62. The van der Waals surface area contributed by atoms with E-state index in [1.165, 1.54) is 64.6 Å². The molecule has 2 fully saturated rings. The lowest BCUT2D eigenvalue weighted by Gasteiger charge is -2.41. The predicted octanol–water partition coefficient (Wildman–Crippen LogP) is 2.69. The number of nitrogens with one attached hydrogen (secondary N) is 2. The fraction of sp³-hybridized carbons (Fsp3) is 1.00. The average molecular weight is 224 g/mol. The number of hydrogen-bond acceptors (Lipinski definition) is 2. The predicted molar refractivity (Wildman–Crippen MR) is 69.7 cm³/mol. The second-order valence-corrected chi connectivity index (χ2v) is 6.57. The Balaban J connectivity index is 1.80. The fourth-order valence-electron chi connectivity index (χ4n) is 3.21. The van der Waals surface area contributed by atoms with Gasteiger partial charge >= 0.3 is 0 Å². The van der Waals surface area contributed by atoms with Gasteiger partial charge in [-0.05, 0) is 44.6 Å². The molecule has 1 aliphatic heterocycles. The van der Waals surface area contributed by atoms with Crippen molar-refractivity contribution in [2.45, 2.75) is 64.3 Å². The van der Waals surface area contributed by atoms with E-state index in [1.807, 2.05) is 0 Å². The average Bonchev–Trinajstić information content (AvgIpc) is 2.29. The monoisotopic (exact) mass is 224 g/mol. The van der Waals surface area contributed by atoms with Gasteiger partial charge in [0.25, 0.3) is 0 Å². The molecule has 1 aliphatic carbocycles. The minimum atomic E-state index is 0.429. The summed E-state index contributed by atoms with van der Waals surface area (Å²) in [7, 11) is 0. The van der Waals surface area contributed by atoms with Crippen LogP contribution in [0, 0.1) is 5.41 Å².